The molecule has 2 rings (SSSR count). The Balaban J connectivity index is 1.93. The van der Waals surface area contributed by atoms with Crippen LogP contribution in [0.3, 0.4) is 0 Å². The Kier molecular flexibility index (Phi) is 6.15. The molecule has 0 spiro atoms. The molecule has 1 N–H and O–H groups in total. The van der Waals surface area contributed by atoms with Crippen molar-refractivity contribution in [1.82, 2.24) is 10.2 Å². The number of nitrogens with one attached hydrogen (secondary N) is 1. The minimum atomic E-state index is 0.719. The normalized spacial score (nSPS) is 30.2. The molecule has 1 saturated heterocycles. The Hall–Kier alpha value is -0.0800. The largest absolute Gasteiger partial charge is 0.311 e. The Labute approximate surface area is 120 Å². The topological polar surface area (TPSA) is 15.3 Å². The molecule has 0 bridgehead atoms. The number of nitrogens with zero attached hydrogens (tertiary/aromatic N) is 1. The first-order valence-corrected chi connectivity index (χ1v) is 8.73. The lowest BCUT2D eigenvalue weighted by Crippen LogP contribution is -2.57. The van der Waals surface area contributed by atoms with Crippen LogP contribution in [0, 0.1) is 11.8 Å². The molecular formula is C17H34N2. The molecule has 0 amide bonds. The Morgan fingerprint density at radius 1 is 1.11 bits per heavy atom. The number of piperazine rings is 1. The van der Waals surface area contributed by atoms with E-state index >= 15 is 0 Å². The summed E-state index contributed by atoms with van der Waals surface area (Å²) in [6.45, 7) is 10.9. The highest BCUT2D eigenvalue weighted by Gasteiger charge is 2.31. The first-order valence-electron chi connectivity index (χ1n) is 8.73. The van der Waals surface area contributed by atoms with Gasteiger partial charge >= 0.3 is 0 Å². The molecular weight excluding hydrogens is 232 g/mol. The molecule has 0 aromatic heterocycles. The molecule has 1 aliphatic heterocycles. The van der Waals surface area contributed by atoms with Gasteiger partial charge < -0.3 is 5.32 Å². The van der Waals surface area contributed by atoms with Gasteiger partial charge in [-0.2, -0.15) is 0 Å². The highest BCUT2D eigenvalue weighted by atomic mass is 15.2. The van der Waals surface area contributed by atoms with E-state index in [-0.39, 0.29) is 0 Å². The zero-order valence-electron chi connectivity index (χ0n) is 13.3. The van der Waals surface area contributed by atoms with E-state index in [1.165, 1.54) is 64.6 Å². The summed E-state index contributed by atoms with van der Waals surface area (Å²) in [6.07, 6.45) is 10.0. The van der Waals surface area contributed by atoms with Crippen LogP contribution in [0.1, 0.15) is 65.7 Å². The van der Waals surface area contributed by atoms with E-state index in [1.807, 2.05) is 0 Å². The van der Waals surface area contributed by atoms with E-state index in [4.69, 9.17) is 0 Å². The standard InChI is InChI=1S/C17H34N2/c1-4-14(3)16-13-19(12-11-18-16)17(5-2)15-9-7-6-8-10-15/h14-18H,4-13H2,1-3H3. The summed E-state index contributed by atoms with van der Waals surface area (Å²) in [5, 5.41) is 3.74. The van der Waals surface area contributed by atoms with Gasteiger partial charge in [-0.25, -0.2) is 0 Å². The van der Waals surface area contributed by atoms with Crippen molar-refractivity contribution in [2.45, 2.75) is 77.8 Å². The third-order valence-electron chi connectivity index (χ3n) is 5.65. The second-order valence-corrected chi connectivity index (χ2v) is 6.81. The lowest BCUT2D eigenvalue weighted by molar-refractivity contribution is 0.0712. The molecule has 0 aromatic rings. The van der Waals surface area contributed by atoms with E-state index in [0.29, 0.717) is 0 Å². The van der Waals surface area contributed by atoms with Crippen LogP contribution in [0.4, 0.5) is 0 Å². The first-order chi connectivity index (χ1) is 9.26. The van der Waals surface area contributed by atoms with Crippen molar-refractivity contribution in [1.29, 1.82) is 0 Å². The second-order valence-electron chi connectivity index (χ2n) is 6.81. The molecule has 1 saturated carbocycles. The molecule has 19 heavy (non-hydrogen) atoms. The van der Waals surface area contributed by atoms with E-state index in [0.717, 1.165) is 23.9 Å². The number of hydrogen-bond donors (Lipinski definition) is 1. The summed E-state index contributed by atoms with van der Waals surface area (Å²) in [7, 11) is 0. The summed E-state index contributed by atoms with van der Waals surface area (Å²) in [4.78, 5) is 2.82. The maximum Gasteiger partial charge on any atom is 0.0221 e. The molecule has 1 heterocycles. The first kappa shape index (κ1) is 15.3. The lowest BCUT2D eigenvalue weighted by atomic mass is 9.81. The van der Waals surface area contributed by atoms with Gasteiger partial charge in [-0.05, 0) is 31.1 Å². The van der Waals surface area contributed by atoms with Gasteiger partial charge in [0.05, 0.1) is 0 Å². The molecule has 112 valence electrons. The number of rotatable bonds is 5. The maximum atomic E-state index is 3.74. The average Bonchev–Trinajstić information content (AvgIpc) is 2.48. The average molecular weight is 266 g/mol. The third kappa shape index (κ3) is 3.95. The minimum absolute atomic E-state index is 0.719. The maximum absolute atomic E-state index is 3.74. The van der Waals surface area contributed by atoms with Gasteiger partial charge in [0.2, 0.25) is 0 Å². The third-order valence-corrected chi connectivity index (χ3v) is 5.65. The smallest absolute Gasteiger partial charge is 0.0221 e. The molecule has 2 nitrogen and oxygen atoms in total. The quantitative estimate of drug-likeness (QED) is 0.817. The van der Waals surface area contributed by atoms with Crippen molar-refractivity contribution in [3.8, 4) is 0 Å². The molecule has 0 aromatic carbocycles. The second kappa shape index (κ2) is 7.64. The predicted octanol–water partition coefficient (Wildman–Crippen LogP) is 3.67. The zero-order valence-corrected chi connectivity index (χ0v) is 13.3. The fraction of sp³-hybridized carbons (Fsp3) is 1.00. The molecule has 2 fully saturated rings. The fourth-order valence-electron chi connectivity index (χ4n) is 4.18. The van der Waals surface area contributed by atoms with Crippen LogP contribution >= 0.6 is 0 Å². The van der Waals surface area contributed by atoms with Gasteiger partial charge in [-0.3, -0.25) is 4.90 Å². The zero-order chi connectivity index (χ0) is 13.7. The Bertz CT molecular complexity index is 248. The summed E-state index contributed by atoms with van der Waals surface area (Å²) in [5.41, 5.74) is 0. The van der Waals surface area contributed by atoms with Crippen LogP contribution < -0.4 is 5.32 Å². The van der Waals surface area contributed by atoms with Crippen LogP contribution in [0.25, 0.3) is 0 Å². The molecule has 2 heteroatoms. The van der Waals surface area contributed by atoms with Crippen molar-refractivity contribution in [2.75, 3.05) is 19.6 Å². The summed E-state index contributed by atoms with van der Waals surface area (Å²) in [6, 6.07) is 1.57. The van der Waals surface area contributed by atoms with Gasteiger partial charge in [-0.15, -0.1) is 0 Å². The van der Waals surface area contributed by atoms with Gasteiger partial charge in [0.15, 0.2) is 0 Å². The molecule has 0 radical (unpaired) electrons. The van der Waals surface area contributed by atoms with Crippen LogP contribution in [0.5, 0.6) is 0 Å². The minimum Gasteiger partial charge on any atom is -0.311 e. The highest BCUT2D eigenvalue weighted by molar-refractivity contribution is 4.88. The van der Waals surface area contributed by atoms with E-state index < -0.39 is 0 Å². The molecule has 3 unspecified atom stereocenters. The van der Waals surface area contributed by atoms with Crippen LogP contribution in [0.2, 0.25) is 0 Å². The van der Waals surface area contributed by atoms with E-state index in [9.17, 15) is 0 Å². The van der Waals surface area contributed by atoms with Gasteiger partial charge in [-0.1, -0.05) is 46.5 Å². The van der Waals surface area contributed by atoms with Gasteiger partial charge in [0, 0.05) is 31.7 Å². The van der Waals surface area contributed by atoms with E-state index in [2.05, 4.69) is 31.0 Å². The SMILES string of the molecule is CCC(C)C1CN(C(CC)C2CCCCC2)CCN1. The molecule has 1 aliphatic carbocycles. The van der Waals surface area contributed by atoms with Crippen LogP contribution in [-0.2, 0) is 0 Å². The van der Waals surface area contributed by atoms with Crippen molar-refractivity contribution in [3.63, 3.8) is 0 Å². The summed E-state index contributed by atoms with van der Waals surface area (Å²) in [5.74, 6) is 1.79. The predicted molar refractivity (Wildman–Crippen MR) is 83.5 cm³/mol. The number of hydrogen-bond acceptors (Lipinski definition) is 2. The molecule has 2 aliphatic rings. The Morgan fingerprint density at radius 3 is 2.47 bits per heavy atom. The van der Waals surface area contributed by atoms with Crippen molar-refractivity contribution in [2.24, 2.45) is 11.8 Å². The Morgan fingerprint density at radius 2 is 1.84 bits per heavy atom. The van der Waals surface area contributed by atoms with Crippen LogP contribution in [0.15, 0.2) is 0 Å². The summed E-state index contributed by atoms with van der Waals surface area (Å²) < 4.78 is 0. The van der Waals surface area contributed by atoms with Crippen molar-refractivity contribution < 1.29 is 0 Å². The van der Waals surface area contributed by atoms with Crippen LogP contribution in [-0.4, -0.2) is 36.6 Å². The van der Waals surface area contributed by atoms with Gasteiger partial charge in [0.1, 0.15) is 0 Å². The monoisotopic (exact) mass is 266 g/mol. The van der Waals surface area contributed by atoms with Gasteiger partial charge in [0.25, 0.3) is 0 Å². The molecule has 3 atom stereocenters. The summed E-state index contributed by atoms with van der Waals surface area (Å²) >= 11 is 0. The highest BCUT2D eigenvalue weighted by Crippen LogP contribution is 2.31. The lowest BCUT2D eigenvalue weighted by Gasteiger charge is -2.44. The van der Waals surface area contributed by atoms with Crippen molar-refractivity contribution in [3.05, 3.63) is 0 Å². The van der Waals surface area contributed by atoms with Crippen molar-refractivity contribution >= 4 is 0 Å². The van der Waals surface area contributed by atoms with E-state index in [1.54, 1.807) is 0 Å². The fourth-order valence-corrected chi connectivity index (χ4v) is 4.18.